The predicted molar refractivity (Wildman–Crippen MR) is 55.2 cm³/mol. The largest absolute Gasteiger partial charge is 0.483 e. The molecule has 0 spiro atoms. The molecule has 0 aliphatic heterocycles. The summed E-state index contributed by atoms with van der Waals surface area (Å²) in [5.74, 6) is -0.413. The first kappa shape index (κ1) is 11.3. The maximum Gasteiger partial charge on any atom is 0.183 e. The van der Waals surface area contributed by atoms with Crippen molar-refractivity contribution in [3.63, 3.8) is 0 Å². The van der Waals surface area contributed by atoms with Gasteiger partial charge in [0, 0.05) is 6.54 Å². The molecule has 78 valence electrons. The number of benzene rings is 1. The Balaban J connectivity index is 2.92. The number of nitrogens with two attached hydrogens (primary N) is 1. The van der Waals surface area contributed by atoms with Crippen molar-refractivity contribution in [1.82, 2.24) is 0 Å². The van der Waals surface area contributed by atoms with Crippen molar-refractivity contribution in [2.45, 2.75) is 19.4 Å². The van der Waals surface area contributed by atoms with Gasteiger partial charge in [0.25, 0.3) is 0 Å². The Kier molecular flexibility index (Phi) is 3.34. The van der Waals surface area contributed by atoms with Gasteiger partial charge in [0.15, 0.2) is 11.6 Å². The van der Waals surface area contributed by atoms with E-state index >= 15 is 0 Å². The van der Waals surface area contributed by atoms with Crippen LogP contribution in [0.1, 0.15) is 13.8 Å². The molecule has 0 aliphatic rings. The van der Waals surface area contributed by atoms with Gasteiger partial charge < -0.3 is 10.5 Å². The minimum absolute atomic E-state index is 0.0512. The average Bonchev–Trinajstić information content (AvgIpc) is 2.13. The molecule has 0 radical (unpaired) electrons. The van der Waals surface area contributed by atoms with Crippen molar-refractivity contribution in [2.24, 2.45) is 5.73 Å². The van der Waals surface area contributed by atoms with E-state index in [1.54, 1.807) is 19.9 Å². The number of rotatable bonds is 3. The third-order valence-electron chi connectivity index (χ3n) is 1.79. The third kappa shape index (κ3) is 2.59. The molecule has 14 heavy (non-hydrogen) atoms. The van der Waals surface area contributed by atoms with Gasteiger partial charge in [-0.05, 0) is 26.0 Å². The predicted octanol–water partition coefficient (Wildman–Crippen LogP) is 2.60. The van der Waals surface area contributed by atoms with Crippen LogP contribution in [-0.2, 0) is 0 Å². The first-order valence-electron chi connectivity index (χ1n) is 4.29. The van der Waals surface area contributed by atoms with Gasteiger partial charge in [-0.1, -0.05) is 17.7 Å². The maximum absolute atomic E-state index is 13.4. The van der Waals surface area contributed by atoms with Gasteiger partial charge in [0.1, 0.15) is 5.60 Å². The van der Waals surface area contributed by atoms with Crippen LogP contribution in [0.3, 0.4) is 0 Å². The molecule has 1 aromatic carbocycles. The zero-order valence-electron chi connectivity index (χ0n) is 8.18. The van der Waals surface area contributed by atoms with Crippen LogP contribution < -0.4 is 10.5 Å². The Labute approximate surface area is 87.8 Å². The summed E-state index contributed by atoms with van der Waals surface area (Å²) in [5.41, 5.74) is 4.87. The monoisotopic (exact) mass is 217 g/mol. The summed E-state index contributed by atoms with van der Waals surface area (Å²) in [5, 5.41) is 0.0512. The molecular formula is C10H13ClFNO. The first-order chi connectivity index (χ1) is 6.46. The van der Waals surface area contributed by atoms with Crippen LogP contribution in [0.4, 0.5) is 4.39 Å². The molecule has 0 heterocycles. The van der Waals surface area contributed by atoms with E-state index in [2.05, 4.69) is 0 Å². The average molecular weight is 218 g/mol. The van der Waals surface area contributed by atoms with Crippen molar-refractivity contribution in [1.29, 1.82) is 0 Å². The fourth-order valence-corrected chi connectivity index (χ4v) is 1.07. The lowest BCUT2D eigenvalue weighted by atomic mass is 10.1. The van der Waals surface area contributed by atoms with Gasteiger partial charge in [-0.3, -0.25) is 0 Å². The standard InChI is InChI=1S/C10H13ClFNO/c1-10(2,6-13)14-8-5-3-4-7(11)9(8)12/h3-5H,6,13H2,1-2H3. The second-order valence-corrected chi connectivity index (χ2v) is 4.03. The van der Waals surface area contributed by atoms with E-state index < -0.39 is 11.4 Å². The minimum atomic E-state index is -0.592. The van der Waals surface area contributed by atoms with Crippen LogP contribution in [-0.4, -0.2) is 12.1 Å². The molecule has 0 atom stereocenters. The lowest BCUT2D eigenvalue weighted by molar-refractivity contribution is 0.113. The van der Waals surface area contributed by atoms with E-state index in [1.807, 2.05) is 0 Å². The highest BCUT2D eigenvalue weighted by Crippen LogP contribution is 2.26. The van der Waals surface area contributed by atoms with E-state index in [0.717, 1.165) is 0 Å². The highest BCUT2D eigenvalue weighted by Gasteiger charge is 2.20. The smallest absolute Gasteiger partial charge is 0.183 e. The lowest BCUT2D eigenvalue weighted by Gasteiger charge is -2.24. The third-order valence-corrected chi connectivity index (χ3v) is 2.09. The van der Waals surface area contributed by atoms with Crippen LogP contribution in [0.5, 0.6) is 5.75 Å². The molecule has 1 aromatic rings. The van der Waals surface area contributed by atoms with E-state index in [9.17, 15) is 4.39 Å². The quantitative estimate of drug-likeness (QED) is 0.845. The molecular weight excluding hydrogens is 205 g/mol. The number of hydrogen-bond donors (Lipinski definition) is 1. The van der Waals surface area contributed by atoms with Crippen LogP contribution >= 0.6 is 11.6 Å². The fraction of sp³-hybridized carbons (Fsp3) is 0.400. The molecule has 0 amide bonds. The molecule has 1 rings (SSSR count). The van der Waals surface area contributed by atoms with Crippen LogP contribution in [0, 0.1) is 5.82 Å². The summed E-state index contributed by atoms with van der Waals surface area (Å²) in [6, 6.07) is 4.63. The molecule has 0 unspecified atom stereocenters. The summed E-state index contributed by atoms with van der Waals surface area (Å²) in [7, 11) is 0. The topological polar surface area (TPSA) is 35.2 Å². The highest BCUT2D eigenvalue weighted by molar-refractivity contribution is 6.30. The molecule has 0 saturated carbocycles. The number of ether oxygens (including phenoxy) is 1. The van der Waals surface area contributed by atoms with Gasteiger partial charge in [-0.15, -0.1) is 0 Å². The van der Waals surface area contributed by atoms with E-state index in [1.165, 1.54) is 12.1 Å². The summed E-state index contributed by atoms with van der Waals surface area (Å²) in [4.78, 5) is 0. The van der Waals surface area contributed by atoms with Crippen molar-refractivity contribution < 1.29 is 9.13 Å². The van der Waals surface area contributed by atoms with Gasteiger partial charge >= 0.3 is 0 Å². The molecule has 2 nitrogen and oxygen atoms in total. The Morgan fingerprint density at radius 3 is 2.71 bits per heavy atom. The molecule has 0 aromatic heterocycles. The molecule has 0 bridgehead atoms. The van der Waals surface area contributed by atoms with E-state index in [4.69, 9.17) is 22.1 Å². The first-order valence-corrected chi connectivity index (χ1v) is 4.67. The van der Waals surface area contributed by atoms with Crippen molar-refractivity contribution in [3.8, 4) is 5.75 Å². The Morgan fingerprint density at radius 1 is 1.50 bits per heavy atom. The highest BCUT2D eigenvalue weighted by atomic mass is 35.5. The van der Waals surface area contributed by atoms with E-state index in [0.29, 0.717) is 6.54 Å². The van der Waals surface area contributed by atoms with Crippen LogP contribution in [0.2, 0.25) is 5.02 Å². The number of halogens is 2. The molecule has 0 fully saturated rings. The van der Waals surface area contributed by atoms with Crippen LogP contribution in [0.15, 0.2) is 18.2 Å². The summed E-state index contributed by atoms with van der Waals surface area (Å²) in [6.45, 7) is 3.87. The van der Waals surface area contributed by atoms with Crippen LogP contribution in [0.25, 0.3) is 0 Å². The molecule has 0 saturated heterocycles. The zero-order chi connectivity index (χ0) is 10.8. The molecule has 2 N–H and O–H groups in total. The Morgan fingerprint density at radius 2 is 2.14 bits per heavy atom. The normalized spacial score (nSPS) is 11.5. The minimum Gasteiger partial charge on any atom is -0.483 e. The maximum atomic E-state index is 13.4. The van der Waals surface area contributed by atoms with Gasteiger partial charge in [-0.25, -0.2) is 4.39 Å². The zero-order valence-corrected chi connectivity index (χ0v) is 8.94. The van der Waals surface area contributed by atoms with Gasteiger partial charge in [-0.2, -0.15) is 0 Å². The fourth-order valence-electron chi connectivity index (χ4n) is 0.902. The van der Waals surface area contributed by atoms with E-state index in [-0.39, 0.29) is 10.8 Å². The molecule has 0 aliphatic carbocycles. The Bertz CT molecular complexity index is 328. The van der Waals surface area contributed by atoms with Crippen molar-refractivity contribution in [3.05, 3.63) is 29.0 Å². The summed E-state index contributed by atoms with van der Waals surface area (Å²) < 4.78 is 18.7. The SMILES string of the molecule is CC(C)(CN)Oc1cccc(Cl)c1F. The van der Waals surface area contributed by atoms with Crippen molar-refractivity contribution >= 4 is 11.6 Å². The van der Waals surface area contributed by atoms with Gasteiger partial charge in [0.05, 0.1) is 5.02 Å². The Hall–Kier alpha value is -0.800. The number of hydrogen-bond acceptors (Lipinski definition) is 2. The van der Waals surface area contributed by atoms with Crippen molar-refractivity contribution in [2.75, 3.05) is 6.54 Å². The second kappa shape index (κ2) is 4.15. The van der Waals surface area contributed by atoms with Gasteiger partial charge in [0.2, 0.25) is 0 Å². The second-order valence-electron chi connectivity index (χ2n) is 3.62. The lowest BCUT2D eigenvalue weighted by Crippen LogP contribution is -2.37. The summed E-state index contributed by atoms with van der Waals surface area (Å²) >= 11 is 5.60. The molecule has 4 heteroatoms. The summed E-state index contributed by atoms with van der Waals surface area (Å²) in [6.07, 6.45) is 0.